The number of rotatable bonds is 3. The second-order valence-corrected chi connectivity index (χ2v) is 5.32. The number of carbonyl (C=O) groups is 1. The molecule has 0 bridgehead atoms. The van der Waals surface area contributed by atoms with Crippen LogP contribution in [-0.4, -0.2) is 17.6 Å². The van der Waals surface area contributed by atoms with Crippen LogP contribution < -0.4 is 10.6 Å². The van der Waals surface area contributed by atoms with E-state index in [1.165, 1.54) is 11.3 Å². The van der Waals surface area contributed by atoms with Crippen molar-refractivity contribution in [2.45, 2.75) is 6.92 Å². The first-order valence-electron chi connectivity index (χ1n) is 5.34. The molecule has 0 aliphatic rings. The molecule has 0 aliphatic carbocycles. The van der Waals surface area contributed by atoms with Gasteiger partial charge in [0.1, 0.15) is 0 Å². The predicted octanol–water partition coefficient (Wildman–Crippen LogP) is 4.14. The predicted molar refractivity (Wildman–Crippen MR) is 78.8 cm³/mol. The van der Waals surface area contributed by atoms with Crippen molar-refractivity contribution >= 4 is 54.3 Å². The van der Waals surface area contributed by atoms with E-state index in [1.54, 1.807) is 12.1 Å². The molecule has 2 amide bonds. The average molecular weight is 341 g/mol. The molecule has 0 atom stereocenters. The van der Waals surface area contributed by atoms with Crippen LogP contribution in [0.25, 0.3) is 20.7 Å². The molecule has 19 heavy (non-hydrogen) atoms. The Morgan fingerprint density at radius 3 is 3.11 bits per heavy atom. The number of amides is 2. The smallest absolute Gasteiger partial charge is 0.321 e. The summed E-state index contributed by atoms with van der Waals surface area (Å²) in [6, 6.07) is 3.07. The van der Waals surface area contributed by atoms with Crippen molar-refractivity contribution in [3.05, 3.63) is 27.0 Å². The van der Waals surface area contributed by atoms with E-state index in [2.05, 4.69) is 41.6 Å². The second-order valence-electron chi connectivity index (χ2n) is 3.47. The molecule has 0 saturated heterocycles. The number of nitrogens with zero attached hydrogens (tertiary/aromatic N) is 4. The summed E-state index contributed by atoms with van der Waals surface area (Å²) in [5, 5.41) is 9.29. The van der Waals surface area contributed by atoms with Crippen LogP contribution in [0.2, 0.25) is 0 Å². The topological polar surface area (TPSA) is 103 Å². The number of hydrogen-bond donors (Lipinski definition) is 2. The number of urea groups is 1. The highest BCUT2D eigenvalue weighted by molar-refractivity contribution is 9.10. The first-order chi connectivity index (χ1) is 9.13. The maximum atomic E-state index is 11.4. The summed E-state index contributed by atoms with van der Waals surface area (Å²) in [7, 11) is 0. The van der Waals surface area contributed by atoms with Gasteiger partial charge in [-0.05, 0) is 40.5 Å². The molecule has 1 aromatic heterocycles. The van der Waals surface area contributed by atoms with Gasteiger partial charge < -0.3 is 5.32 Å². The highest BCUT2D eigenvalue weighted by Gasteiger charge is 2.10. The van der Waals surface area contributed by atoms with Crippen LogP contribution in [0.3, 0.4) is 0 Å². The minimum absolute atomic E-state index is 0.298. The largest absolute Gasteiger partial charge is 0.338 e. The molecule has 0 radical (unpaired) electrons. The van der Waals surface area contributed by atoms with E-state index in [-0.39, 0.29) is 6.03 Å². The third-order valence-electron chi connectivity index (χ3n) is 2.15. The highest BCUT2D eigenvalue weighted by Crippen LogP contribution is 2.35. The van der Waals surface area contributed by atoms with Gasteiger partial charge in [0.2, 0.25) is 0 Å². The Morgan fingerprint density at radius 1 is 1.63 bits per heavy atom. The molecule has 98 valence electrons. The molecule has 0 unspecified atom stereocenters. The summed E-state index contributed by atoms with van der Waals surface area (Å²) in [6.45, 7) is 2.38. The second kappa shape index (κ2) is 5.87. The number of halogens is 1. The first-order valence-corrected chi connectivity index (χ1v) is 6.95. The van der Waals surface area contributed by atoms with Gasteiger partial charge in [-0.1, -0.05) is 16.5 Å². The molecule has 1 aromatic carbocycles. The average Bonchev–Trinajstić information content (AvgIpc) is 2.72. The number of hydrogen-bond acceptors (Lipinski definition) is 4. The number of benzene rings is 1. The van der Waals surface area contributed by atoms with Crippen molar-refractivity contribution in [3.8, 4) is 0 Å². The van der Waals surface area contributed by atoms with Gasteiger partial charge in [-0.25, -0.2) is 9.78 Å². The molecule has 1 heterocycles. The van der Waals surface area contributed by atoms with Crippen molar-refractivity contribution in [1.29, 1.82) is 0 Å². The lowest BCUT2D eigenvalue weighted by molar-refractivity contribution is 0.252. The van der Waals surface area contributed by atoms with Crippen molar-refractivity contribution in [2.24, 2.45) is 5.11 Å². The van der Waals surface area contributed by atoms with Crippen LogP contribution in [0.4, 0.5) is 15.6 Å². The molecule has 2 N–H and O–H groups in total. The summed E-state index contributed by atoms with van der Waals surface area (Å²) in [5.74, 6) is 0. The van der Waals surface area contributed by atoms with Gasteiger partial charge in [0, 0.05) is 21.6 Å². The van der Waals surface area contributed by atoms with Gasteiger partial charge in [-0.3, -0.25) is 5.32 Å². The van der Waals surface area contributed by atoms with Crippen LogP contribution >= 0.6 is 27.3 Å². The minimum Gasteiger partial charge on any atom is -0.338 e. The Morgan fingerprint density at radius 2 is 2.42 bits per heavy atom. The Hall–Kier alpha value is -1.83. The highest BCUT2D eigenvalue weighted by atomic mass is 79.9. The van der Waals surface area contributed by atoms with E-state index in [4.69, 9.17) is 5.53 Å². The number of nitrogens with one attached hydrogen (secondary N) is 2. The number of anilines is 1. The lowest BCUT2D eigenvalue weighted by atomic mass is 10.3. The number of thiazole rings is 1. The molecule has 0 spiro atoms. The van der Waals surface area contributed by atoms with Crippen molar-refractivity contribution < 1.29 is 4.79 Å². The summed E-state index contributed by atoms with van der Waals surface area (Å²) in [5.41, 5.74) is 9.56. The van der Waals surface area contributed by atoms with E-state index in [0.717, 1.165) is 9.17 Å². The van der Waals surface area contributed by atoms with Crippen LogP contribution in [0.1, 0.15) is 6.92 Å². The van der Waals surface area contributed by atoms with Gasteiger partial charge >= 0.3 is 6.03 Å². The Balaban J connectivity index is 2.37. The normalized spacial score (nSPS) is 10.0. The summed E-state index contributed by atoms with van der Waals surface area (Å²) < 4.78 is 1.65. The van der Waals surface area contributed by atoms with Crippen LogP contribution in [0, 0.1) is 0 Å². The summed E-state index contributed by atoms with van der Waals surface area (Å²) in [4.78, 5) is 18.4. The van der Waals surface area contributed by atoms with Gasteiger partial charge in [0.15, 0.2) is 5.13 Å². The Labute approximate surface area is 120 Å². The lowest BCUT2D eigenvalue weighted by Gasteiger charge is -2.00. The van der Waals surface area contributed by atoms with Crippen molar-refractivity contribution in [3.63, 3.8) is 0 Å². The zero-order valence-corrected chi connectivity index (χ0v) is 12.2. The standard InChI is InChI=1S/C10H9BrN6OS/c1-2-13-9(18)15-10-14-7-4-5(16-17-12)3-6(11)8(7)19-10/h3-4H,2H2,1H3,(H2,13,14,15,18). The zero-order valence-electron chi connectivity index (χ0n) is 9.85. The molecule has 0 aliphatic heterocycles. The molecule has 2 rings (SSSR count). The van der Waals surface area contributed by atoms with Crippen LogP contribution in [-0.2, 0) is 0 Å². The number of aromatic nitrogens is 1. The van der Waals surface area contributed by atoms with Crippen molar-refractivity contribution in [2.75, 3.05) is 11.9 Å². The number of fused-ring (bicyclic) bond motifs is 1. The van der Waals surface area contributed by atoms with E-state index in [9.17, 15) is 4.79 Å². The van der Waals surface area contributed by atoms with Gasteiger partial charge in [0.25, 0.3) is 0 Å². The van der Waals surface area contributed by atoms with Gasteiger partial charge in [0.05, 0.1) is 10.2 Å². The van der Waals surface area contributed by atoms with E-state index in [0.29, 0.717) is 22.9 Å². The fourth-order valence-electron chi connectivity index (χ4n) is 1.44. The first kappa shape index (κ1) is 13.6. The molecular weight excluding hydrogens is 332 g/mol. The number of carbonyl (C=O) groups excluding carboxylic acids is 1. The third-order valence-corrected chi connectivity index (χ3v) is 4.06. The SMILES string of the molecule is CCNC(=O)Nc1nc2cc(N=[N+]=[N-])cc(Br)c2s1. The minimum atomic E-state index is -0.298. The van der Waals surface area contributed by atoms with E-state index < -0.39 is 0 Å². The molecule has 0 saturated carbocycles. The Bertz CT molecular complexity index is 678. The molecule has 0 fully saturated rings. The van der Waals surface area contributed by atoms with Crippen LogP contribution in [0.5, 0.6) is 0 Å². The Kier molecular flexibility index (Phi) is 4.20. The maximum Gasteiger partial charge on any atom is 0.321 e. The summed E-state index contributed by atoms with van der Waals surface area (Å²) in [6.07, 6.45) is 0. The molecule has 9 heteroatoms. The van der Waals surface area contributed by atoms with Gasteiger partial charge in [-0.15, -0.1) is 0 Å². The fourth-order valence-corrected chi connectivity index (χ4v) is 2.97. The van der Waals surface area contributed by atoms with Crippen LogP contribution in [0.15, 0.2) is 21.7 Å². The fraction of sp³-hybridized carbons (Fsp3) is 0.200. The monoisotopic (exact) mass is 340 g/mol. The quantitative estimate of drug-likeness (QED) is 0.498. The number of azide groups is 1. The maximum absolute atomic E-state index is 11.4. The third kappa shape index (κ3) is 3.14. The molecule has 7 nitrogen and oxygen atoms in total. The lowest BCUT2D eigenvalue weighted by Crippen LogP contribution is -2.28. The van der Waals surface area contributed by atoms with Gasteiger partial charge in [-0.2, -0.15) is 0 Å². The zero-order chi connectivity index (χ0) is 13.8. The van der Waals surface area contributed by atoms with E-state index >= 15 is 0 Å². The van der Waals surface area contributed by atoms with E-state index in [1.807, 2.05) is 6.92 Å². The molecule has 2 aromatic rings. The molecular formula is C10H9BrN6OS. The van der Waals surface area contributed by atoms with Crippen molar-refractivity contribution in [1.82, 2.24) is 10.3 Å². The summed E-state index contributed by atoms with van der Waals surface area (Å²) >= 11 is 4.73.